The summed E-state index contributed by atoms with van der Waals surface area (Å²) in [5.41, 5.74) is 3.05. The van der Waals surface area contributed by atoms with E-state index in [1.54, 1.807) is 48.5 Å². The first-order valence-electron chi connectivity index (χ1n) is 9.45. The minimum atomic E-state index is -0.767. The smallest absolute Gasteiger partial charge is 0.412 e. The first kappa shape index (κ1) is 23.6. The number of hydroxylamine groups is 1. The molecule has 0 aliphatic rings. The second-order valence-electron chi connectivity index (χ2n) is 6.41. The third-order valence-electron chi connectivity index (χ3n) is 4.11. The highest BCUT2D eigenvalue weighted by molar-refractivity contribution is 5.95. The molecule has 1 atom stereocenters. The normalized spacial score (nSPS) is 11.6. The molecule has 9 nitrogen and oxygen atoms in total. The van der Waals surface area contributed by atoms with Crippen molar-refractivity contribution in [2.75, 3.05) is 18.5 Å². The van der Waals surface area contributed by atoms with Crippen molar-refractivity contribution in [2.24, 2.45) is 0 Å². The SMILES string of the molecule is CC(=O)c1ccc(NC(=O)O[C@@H](C/C=C/C(=O)NO)c2cccc(OCCO)c2)cc1. The zero-order chi connectivity index (χ0) is 22.6. The molecule has 0 saturated carbocycles. The summed E-state index contributed by atoms with van der Waals surface area (Å²) in [6.45, 7) is 1.42. The maximum absolute atomic E-state index is 12.4. The van der Waals surface area contributed by atoms with Gasteiger partial charge >= 0.3 is 6.09 Å². The summed E-state index contributed by atoms with van der Waals surface area (Å²) in [6, 6.07) is 13.1. The molecule has 0 aliphatic heterocycles. The number of amides is 2. The van der Waals surface area contributed by atoms with E-state index in [4.69, 9.17) is 19.8 Å². The van der Waals surface area contributed by atoms with Crippen LogP contribution in [-0.2, 0) is 9.53 Å². The molecule has 0 spiro atoms. The molecule has 0 saturated heterocycles. The van der Waals surface area contributed by atoms with Crippen LogP contribution in [0.3, 0.4) is 0 Å². The average Bonchev–Trinajstić information content (AvgIpc) is 2.77. The molecule has 0 bridgehead atoms. The molecule has 4 N–H and O–H groups in total. The van der Waals surface area contributed by atoms with Gasteiger partial charge in [-0.3, -0.25) is 20.1 Å². The molecule has 164 valence electrons. The highest BCUT2D eigenvalue weighted by Gasteiger charge is 2.17. The molecular formula is C22H24N2O7. The van der Waals surface area contributed by atoms with E-state index in [1.807, 2.05) is 0 Å². The summed E-state index contributed by atoms with van der Waals surface area (Å²) < 4.78 is 10.9. The largest absolute Gasteiger partial charge is 0.491 e. The Morgan fingerprint density at radius 1 is 1.13 bits per heavy atom. The molecule has 0 heterocycles. The second kappa shape index (κ2) is 12.1. The molecule has 2 aromatic carbocycles. The quantitative estimate of drug-likeness (QED) is 0.198. The van der Waals surface area contributed by atoms with Crippen LogP contribution in [0.4, 0.5) is 10.5 Å². The predicted molar refractivity (Wildman–Crippen MR) is 112 cm³/mol. The van der Waals surface area contributed by atoms with Gasteiger partial charge < -0.3 is 14.6 Å². The Hall–Kier alpha value is -3.69. The molecule has 2 rings (SSSR count). The maximum atomic E-state index is 12.4. The standard InChI is InChI=1S/C22H24N2O7/c1-15(26)16-8-10-18(11-9-16)23-22(28)31-20(6-3-7-21(27)24-29)17-4-2-5-19(14-17)30-13-12-25/h2-5,7-11,14,20,25,29H,6,12-13H2,1H3,(H,23,28)(H,24,27)/b7-3+/t20-/m0/s1. The Bertz CT molecular complexity index is 926. The topological polar surface area (TPSA) is 134 Å². The highest BCUT2D eigenvalue weighted by atomic mass is 16.6. The Balaban J connectivity index is 2.13. The van der Waals surface area contributed by atoms with E-state index in [9.17, 15) is 14.4 Å². The van der Waals surface area contributed by atoms with Crippen LogP contribution in [0.25, 0.3) is 0 Å². The van der Waals surface area contributed by atoms with Crippen molar-refractivity contribution in [2.45, 2.75) is 19.4 Å². The molecule has 2 aromatic rings. The third-order valence-corrected chi connectivity index (χ3v) is 4.11. The minimum Gasteiger partial charge on any atom is -0.491 e. The van der Waals surface area contributed by atoms with Gasteiger partial charge in [0, 0.05) is 23.7 Å². The highest BCUT2D eigenvalue weighted by Crippen LogP contribution is 2.26. The zero-order valence-electron chi connectivity index (χ0n) is 16.9. The molecule has 0 unspecified atom stereocenters. The van der Waals surface area contributed by atoms with Crippen LogP contribution in [0.1, 0.15) is 35.4 Å². The number of hydrogen-bond acceptors (Lipinski definition) is 7. The number of rotatable bonds is 10. The van der Waals surface area contributed by atoms with Gasteiger partial charge in [0.05, 0.1) is 6.61 Å². The molecule has 31 heavy (non-hydrogen) atoms. The molecule has 0 fully saturated rings. The van der Waals surface area contributed by atoms with E-state index in [-0.39, 0.29) is 25.4 Å². The number of nitrogens with one attached hydrogen (secondary N) is 2. The second-order valence-corrected chi connectivity index (χ2v) is 6.41. The van der Waals surface area contributed by atoms with Gasteiger partial charge in [-0.05, 0) is 48.9 Å². The Morgan fingerprint density at radius 2 is 1.87 bits per heavy atom. The Kier molecular flexibility index (Phi) is 9.21. The summed E-state index contributed by atoms with van der Waals surface area (Å²) in [4.78, 5) is 35.0. The molecule has 0 aliphatic carbocycles. The first-order chi connectivity index (χ1) is 14.9. The predicted octanol–water partition coefficient (Wildman–Crippen LogP) is 3.00. The molecule has 0 radical (unpaired) electrons. The fourth-order valence-electron chi connectivity index (χ4n) is 2.62. The zero-order valence-corrected chi connectivity index (χ0v) is 16.9. The summed E-state index contributed by atoms with van der Waals surface area (Å²) >= 11 is 0. The number of anilines is 1. The van der Waals surface area contributed by atoms with Crippen molar-refractivity contribution in [1.82, 2.24) is 5.48 Å². The van der Waals surface area contributed by atoms with Gasteiger partial charge in [0.25, 0.3) is 5.91 Å². The van der Waals surface area contributed by atoms with Crippen LogP contribution in [0.15, 0.2) is 60.7 Å². The lowest BCUT2D eigenvalue weighted by molar-refractivity contribution is -0.124. The lowest BCUT2D eigenvalue weighted by Gasteiger charge is -2.18. The van der Waals surface area contributed by atoms with Crippen LogP contribution < -0.4 is 15.5 Å². The van der Waals surface area contributed by atoms with Gasteiger partial charge in [-0.1, -0.05) is 18.2 Å². The van der Waals surface area contributed by atoms with Crippen LogP contribution in [0.5, 0.6) is 5.75 Å². The van der Waals surface area contributed by atoms with E-state index >= 15 is 0 Å². The molecule has 9 heteroatoms. The average molecular weight is 428 g/mol. The molecule has 2 amide bonds. The van der Waals surface area contributed by atoms with Gasteiger partial charge in [-0.15, -0.1) is 0 Å². The Labute approximate surface area is 179 Å². The van der Waals surface area contributed by atoms with Gasteiger partial charge in [0.1, 0.15) is 18.5 Å². The summed E-state index contributed by atoms with van der Waals surface area (Å²) in [7, 11) is 0. The fourth-order valence-corrected chi connectivity index (χ4v) is 2.62. The van der Waals surface area contributed by atoms with Crippen molar-refractivity contribution >= 4 is 23.5 Å². The van der Waals surface area contributed by atoms with Crippen molar-refractivity contribution in [1.29, 1.82) is 0 Å². The number of ether oxygens (including phenoxy) is 2. The number of ketones is 1. The number of benzene rings is 2. The lowest BCUT2D eigenvalue weighted by atomic mass is 10.1. The van der Waals surface area contributed by atoms with Crippen molar-refractivity contribution < 1.29 is 34.2 Å². The minimum absolute atomic E-state index is 0.0869. The number of aliphatic hydroxyl groups is 1. The van der Waals surface area contributed by atoms with Gasteiger partial charge in [0.15, 0.2) is 5.78 Å². The Morgan fingerprint density at radius 3 is 2.52 bits per heavy atom. The van der Waals surface area contributed by atoms with E-state index in [0.29, 0.717) is 22.6 Å². The van der Waals surface area contributed by atoms with E-state index in [0.717, 1.165) is 6.08 Å². The number of hydrogen-bond donors (Lipinski definition) is 4. The van der Waals surface area contributed by atoms with Crippen molar-refractivity contribution in [3.05, 3.63) is 71.8 Å². The van der Waals surface area contributed by atoms with Gasteiger partial charge in [0.2, 0.25) is 0 Å². The monoisotopic (exact) mass is 428 g/mol. The summed E-state index contributed by atoms with van der Waals surface area (Å²) in [5.74, 6) is -0.317. The first-order valence-corrected chi connectivity index (χ1v) is 9.45. The van der Waals surface area contributed by atoms with Crippen LogP contribution in [0, 0.1) is 0 Å². The van der Waals surface area contributed by atoms with Crippen LogP contribution in [-0.4, -0.2) is 41.3 Å². The van der Waals surface area contributed by atoms with E-state index < -0.39 is 18.1 Å². The summed E-state index contributed by atoms with van der Waals surface area (Å²) in [5, 5.41) is 20.1. The number of carbonyl (C=O) groups is 3. The molecular weight excluding hydrogens is 404 g/mol. The molecule has 0 aromatic heterocycles. The maximum Gasteiger partial charge on any atom is 0.412 e. The van der Waals surface area contributed by atoms with Gasteiger partial charge in [-0.2, -0.15) is 0 Å². The van der Waals surface area contributed by atoms with Crippen LogP contribution >= 0.6 is 0 Å². The number of Topliss-reactive ketones (excluding diaryl/α,β-unsaturated/α-hetero) is 1. The van der Waals surface area contributed by atoms with Crippen molar-refractivity contribution in [3.63, 3.8) is 0 Å². The lowest BCUT2D eigenvalue weighted by Crippen LogP contribution is -2.18. The van der Waals surface area contributed by atoms with E-state index in [2.05, 4.69) is 5.32 Å². The fraction of sp³-hybridized carbons (Fsp3) is 0.227. The summed E-state index contributed by atoms with van der Waals surface area (Å²) in [6.07, 6.45) is 1.21. The van der Waals surface area contributed by atoms with Crippen LogP contribution in [0.2, 0.25) is 0 Å². The number of aliphatic hydroxyl groups excluding tert-OH is 1. The van der Waals surface area contributed by atoms with Crippen molar-refractivity contribution in [3.8, 4) is 5.75 Å². The van der Waals surface area contributed by atoms with Gasteiger partial charge in [-0.25, -0.2) is 10.3 Å². The third kappa shape index (κ3) is 7.92. The van der Waals surface area contributed by atoms with E-state index in [1.165, 1.54) is 18.5 Å². The number of carbonyl (C=O) groups excluding carboxylic acids is 3.